The van der Waals surface area contributed by atoms with Crippen molar-refractivity contribution in [3.05, 3.63) is 36.5 Å². The SMILES string of the molecule is CCCCCCCC/C=C/CC/C=C/CC/C=C/C(O)C(COC1OC(CO)C(OC2OC(CO)C(O)C(O)C2O)C(O)C1O)NC(=O)CCCCCCCCCCCCCCCCCCCCCCCCCCCCCCCCCCCCCCCCCCC. The van der Waals surface area contributed by atoms with Crippen LogP contribution in [-0.2, 0) is 23.7 Å². The first-order chi connectivity index (χ1) is 44.6. The van der Waals surface area contributed by atoms with Crippen LogP contribution in [0.5, 0.6) is 0 Å². The smallest absolute Gasteiger partial charge is 0.220 e. The van der Waals surface area contributed by atoms with Crippen molar-refractivity contribution in [1.29, 1.82) is 0 Å². The average Bonchev–Trinajstić information content (AvgIpc) is 1.15. The summed E-state index contributed by atoms with van der Waals surface area (Å²) < 4.78 is 22.8. The third-order valence-corrected chi connectivity index (χ3v) is 19.1. The summed E-state index contributed by atoms with van der Waals surface area (Å²) in [6.45, 7) is 2.80. The number of aliphatic hydroxyl groups is 8. The van der Waals surface area contributed by atoms with Crippen LogP contribution in [0.15, 0.2) is 36.5 Å². The van der Waals surface area contributed by atoms with Crippen LogP contribution >= 0.6 is 0 Å². The fourth-order valence-electron chi connectivity index (χ4n) is 12.9. The van der Waals surface area contributed by atoms with E-state index < -0.39 is 86.8 Å². The Hall–Kier alpha value is -1.79. The van der Waals surface area contributed by atoms with Crippen molar-refractivity contribution in [2.45, 2.75) is 428 Å². The number of hydrogen-bond acceptors (Lipinski definition) is 13. The molecule has 91 heavy (non-hydrogen) atoms. The Balaban J connectivity index is 1.54. The highest BCUT2D eigenvalue weighted by Crippen LogP contribution is 2.30. The molecule has 2 aliphatic heterocycles. The van der Waals surface area contributed by atoms with Gasteiger partial charge in [0.05, 0.1) is 32.0 Å². The highest BCUT2D eigenvalue weighted by Gasteiger charge is 2.51. The Labute approximate surface area is 557 Å². The third-order valence-electron chi connectivity index (χ3n) is 19.1. The molecule has 0 aromatic rings. The van der Waals surface area contributed by atoms with Crippen LogP contribution in [0.3, 0.4) is 0 Å². The van der Waals surface area contributed by atoms with E-state index in [-0.39, 0.29) is 18.9 Å². The zero-order valence-electron chi connectivity index (χ0n) is 58.6. The monoisotopic (exact) mass is 1290 g/mol. The quantitative estimate of drug-likeness (QED) is 0.0204. The maximum atomic E-state index is 13.3. The van der Waals surface area contributed by atoms with Crippen LogP contribution < -0.4 is 5.32 Å². The van der Waals surface area contributed by atoms with E-state index in [1.165, 1.54) is 276 Å². The van der Waals surface area contributed by atoms with E-state index in [1.807, 2.05) is 6.08 Å². The molecule has 2 heterocycles. The highest BCUT2D eigenvalue weighted by molar-refractivity contribution is 5.76. The molecule has 14 heteroatoms. The molecule has 0 saturated carbocycles. The van der Waals surface area contributed by atoms with Crippen LogP contribution in [0.25, 0.3) is 0 Å². The Morgan fingerprint density at radius 1 is 0.385 bits per heavy atom. The van der Waals surface area contributed by atoms with Crippen molar-refractivity contribution < 1.29 is 64.6 Å². The summed E-state index contributed by atoms with van der Waals surface area (Å²) in [4.78, 5) is 13.3. The van der Waals surface area contributed by atoms with Gasteiger partial charge in [0.15, 0.2) is 12.6 Å². The summed E-state index contributed by atoms with van der Waals surface area (Å²) in [5.41, 5.74) is 0. The minimum atomic E-state index is -1.79. The number of hydrogen-bond donors (Lipinski definition) is 9. The van der Waals surface area contributed by atoms with Gasteiger partial charge in [-0.3, -0.25) is 4.79 Å². The lowest BCUT2D eigenvalue weighted by atomic mass is 9.97. The maximum absolute atomic E-state index is 13.3. The number of carbonyl (C=O) groups excluding carboxylic acids is 1. The van der Waals surface area contributed by atoms with Crippen molar-refractivity contribution in [2.24, 2.45) is 0 Å². The summed E-state index contributed by atoms with van der Waals surface area (Å²) in [6, 6.07) is -0.937. The maximum Gasteiger partial charge on any atom is 0.220 e. The zero-order chi connectivity index (χ0) is 65.9. The Bertz CT molecular complexity index is 1670. The van der Waals surface area contributed by atoms with Crippen molar-refractivity contribution in [1.82, 2.24) is 5.32 Å². The lowest BCUT2D eigenvalue weighted by Gasteiger charge is -2.46. The second kappa shape index (κ2) is 61.8. The first-order valence-electron chi connectivity index (χ1n) is 38.7. The zero-order valence-corrected chi connectivity index (χ0v) is 58.6. The van der Waals surface area contributed by atoms with Gasteiger partial charge in [-0.15, -0.1) is 0 Å². The number of aliphatic hydroxyl groups excluding tert-OH is 8. The van der Waals surface area contributed by atoms with E-state index in [9.17, 15) is 45.6 Å². The summed E-state index contributed by atoms with van der Waals surface area (Å²) in [5, 5.41) is 87.3. The van der Waals surface area contributed by atoms with Crippen LogP contribution in [0, 0.1) is 0 Å². The molecule has 0 aromatic carbocycles. The molecule has 2 aliphatic rings. The molecule has 0 aliphatic carbocycles. The van der Waals surface area contributed by atoms with Gasteiger partial charge in [-0.2, -0.15) is 0 Å². The second-order valence-corrected chi connectivity index (χ2v) is 27.5. The largest absolute Gasteiger partial charge is 0.394 e. The molecular formula is C77H145NO13. The predicted molar refractivity (Wildman–Crippen MR) is 374 cm³/mol. The summed E-state index contributed by atoms with van der Waals surface area (Å²) in [6.07, 6.45) is 64.1. The molecule has 2 rings (SSSR count). The van der Waals surface area contributed by atoms with Crippen LogP contribution in [-0.4, -0.2) is 140 Å². The summed E-state index contributed by atoms with van der Waals surface area (Å²) >= 11 is 0. The molecule has 536 valence electrons. The molecule has 14 nitrogen and oxygen atoms in total. The van der Waals surface area contributed by atoms with E-state index in [2.05, 4.69) is 43.5 Å². The first-order valence-corrected chi connectivity index (χ1v) is 38.7. The number of carbonyl (C=O) groups is 1. The van der Waals surface area contributed by atoms with Gasteiger partial charge >= 0.3 is 0 Å². The van der Waals surface area contributed by atoms with Crippen molar-refractivity contribution >= 4 is 5.91 Å². The highest BCUT2D eigenvalue weighted by atomic mass is 16.7. The van der Waals surface area contributed by atoms with Gasteiger partial charge in [0, 0.05) is 6.42 Å². The van der Waals surface area contributed by atoms with Gasteiger partial charge in [-0.25, -0.2) is 0 Å². The number of nitrogens with one attached hydrogen (secondary N) is 1. The van der Waals surface area contributed by atoms with Gasteiger partial charge in [0.25, 0.3) is 0 Å². The Kier molecular flexibility index (Phi) is 57.9. The minimum Gasteiger partial charge on any atom is -0.394 e. The average molecular weight is 1290 g/mol. The van der Waals surface area contributed by atoms with Crippen molar-refractivity contribution in [3.8, 4) is 0 Å². The molecule has 12 unspecified atom stereocenters. The fraction of sp³-hybridized carbons (Fsp3) is 0.909. The van der Waals surface area contributed by atoms with Gasteiger partial charge in [0.2, 0.25) is 5.91 Å². The summed E-state index contributed by atoms with van der Waals surface area (Å²) in [7, 11) is 0. The topological polar surface area (TPSA) is 228 Å². The predicted octanol–water partition coefficient (Wildman–Crippen LogP) is 16.9. The molecule has 12 atom stereocenters. The normalized spacial score (nSPS) is 22.9. The van der Waals surface area contributed by atoms with Gasteiger partial charge in [-0.05, 0) is 44.9 Å². The molecule has 0 spiro atoms. The minimum absolute atomic E-state index is 0.247. The lowest BCUT2D eigenvalue weighted by molar-refractivity contribution is -0.359. The van der Waals surface area contributed by atoms with E-state index in [1.54, 1.807) is 6.08 Å². The van der Waals surface area contributed by atoms with Gasteiger partial charge in [0.1, 0.15) is 48.8 Å². The van der Waals surface area contributed by atoms with E-state index in [0.717, 1.165) is 44.9 Å². The van der Waals surface area contributed by atoms with E-state index in [4.69, 9.17) is 18.9 Å². The van der Waals surface area contributed by atoms with Crippen LogP contribution in [0.1, 0.15) is 354 Å². The van der Waals surface area contributed by atoms with Crippen molar-refractivity contribution in [2.75, 3.05) is 19.8 Å². The summed E-state index contributed by atoms with van der Waals surface area (Å²) in [5.74, 6) is -0.247. The third kappa shape index (κ3) is 45.4. The molecular weight excluding hydrogens is 1150 g/mol. The second-order valence-electron chi connectivity index (χ2n) is 27.5. The lowest BCUT2D eigenvalue weighted by Crippen LogP contribution is -2.65. The van der Waals surface area contributed by atoms with Crippen LogP contribution in [0.4, 0.5) is 0 Å². The number of unbranched alkanes of at least 4 members (excludes halogenated alkanes) is 48. The van der Waals surface area contributed by atoms with E-state index >= 15 is 0 Å². The number of rotatable bonds is 65. The molecule has 2 saturated heterocycles. The number of allylic oxidation sites excluding steroid dienone is 5. The molecule has 0 radical (unpaired) electrons. The molecule has 2 fully saturated rings. The fourth-order valence-corrected chi connectivity index (χ4v) is 12.9. The standard InChI is InChI=1S/C77H145NO13/c1-3-5-7-9-11-13-15-17-19-21-22-23-24-25-26-27-28-29-30-31-32-33-34-35-36-37-38-39-40-41-42-43-44-45-47-49-51-53-55-57-59-61-69(82)78-65(66(81)60-58-56-54-52-50-48-46-20-18-16-14-12-10-8-6-4-2)64-88-76-74(87)72(85)75(68(63-80)90-76)91-77-73(86)71(84)70(83)67(62-79)89-77/h18,20,50,52,58,60,65-68,70-77,79-81,83-87H,3-17,19,21-49,51,53-57,59,61-64H2,1-2H3,(H,78,82)/b20-18+,52-50+,60-58+. The molecule has 9 N–H and O–H groups in total. The number of ether oxygens (including phenoxy) is 4. The number of amides is 1. The van der Waals surface area contributed by atoms with Crippen LogP contribution in [0.2, 0.25) is 0 Å². The first kappa shape index (κ1) is 85.3. The Morgan fingerprint density at radius 2 is 0.703 bits per heavy atom. The van der Waals surface area contributed by atoms with Crippen molar-refractivity contribution in [3.63, 3.8) is 0 Å². The molecule has 0 aromatic heterocycles. The Morgan fingerprint density at radius 3 is 1.08 bits per heavy atom. The molecule has 0 bridgehead atoms. The molecule has 1 amide bonds. The van der Waals surface area contributed by atoms with Gasteiger partial charge < -0.3 is 65.1 Å². The van der Waals surface area contributed by atoms with E-state index in [0.29, 0.717) is 12.8 Å². The van der Waals surface area contributed by atoms with Gasteiger partial charge in [-0.1, -0.05) is 339 Å².